The fraction of sp³-hybridized carbons (Fsp3) is 0.552. The zero-order valence-electron chi connectivity index (χ0n) is 23.5. The molecule has 0 aliphatic carbocycles. The van der Waals surface area contributed by atoms with Crippen LogP contribution in [0.1, 0.15) is 36.3 Å². The van der Waals surface area contributed by atoms with Crippen LogP contribution >= 0.6 is 11.6 Å². The summed E-state index contributed by atoms with van der Waals surface area (Å²) in [5.74, 6) is -1.03. The van der Waals surface area contributed by atoms with Gasteiger partial charge >= 0.3 is 0 Å². The second kappa shape index (κ2) is 14.4. The van der Waals surface area contributed by atoms with Crippen LogP contribution in [0.2, 0.25) is 5.02 Å². The van der Waals surface area contributed by atoms with Crippen LogP contribution in [0.15, 0.2) is 42.5 Å². The second-order valence-electron chi connectivity index (χ2n) is 10.9. The highest BCUT2D eigenvalue weighted by molar-refractivity contribution is 7.88. The van der Waals surface area contributed by atoms with Gasteiger partial charge in [-0.2, -0.15) is 4.31 Å². The molecule has 2 aromatic rings. The number of halogens is 2. The summed E-state index contributed by atoms with van der Waals surface area (Å²) >= 11 is 6.11. The summed E-state index contributed by atoms with van der Waals surface area (Å²) in [6.07, 6.45) is 3.30. The molecule has 4 unspecified atom stereocenters. The highest BCUT2D eigenvalue weighted by atomic mass is 35.5. The fourth-order valence-electron chi connectivity index (χ4n) is 6.14. The third kappa shape index (κ3) is 8.04. The molecule has 0 bridgehead atoms. The van der Waals surface area contributed by atoms with E-state index in [4.69, 9.17) is 26.8 Å². The number of carbonyl (C=O) groups excluding carboxylic acids is 1. The minimum Gasteiger partial charge on any atom is -0.383 e. The lowest BCUT2D eigenvalue weighted by atomic mass is 9.76. The maximum Gasteiger partial charge on any atom is 0.241 e. The van der Waals surface area contributed by atoms with Gasteiger partial charge in [-0.1, -0.05) is 29.8 Å². The lowest BCUT2D eigenvalue weighted by molar-refractivity contribution is -0.118. The molecule has 9 nitrogen and oxygen atoms in total. The zero-order valence-corrected chi connectivity index (χ0v) is 25.1. The van der Waals surface area contributed by atoms with Gasteiger partial charge in [-0.05, 0) is 61.4 Å². The van der Waals surface area contributed by atoms with E-state index >= 15 is 4.39 Å². The maximum atomic E-state index is 15.2. The molecular formula is C29H40ClFN4O5S. The van der Waals surface area contributed by atoms with Crippen LogP contribution in [0.5, 0.6) is 0 Å². The van der Waals surface area contributed by atoms with E-state index < -0.39 is 33.8 Å². The van der Waals surface area contributed by atoms with Crippen LogP contribution in [0.25, 0.3) is 0 Å². The van der Waals surface area contributed by atoms with Gasteiger partial charge in [0.1, 0.15) is 5.82 Å². The van der Waals surface area contributed by atoms with E-state index in [1.54, 1.807) is 18.2 Å². The molecule has 2 heterocycles. The maximum absolute atomic E-state index is 15.2. The van der Waals surface area contributed by atoms with Gasteiger partial charge in [-0.25, -0.2) is 12.8 Å². The van der Waals surface area contributed by atoms with Crippen molar-refractivity contribution in [2.45, 2.75) is 49.7 Å². The van der Waals surface area contributed by atoms with Gasteiger partial charge in [-0.15, -0.1) is 0 Å². The molecule has 2 fully saturated rings. The molecule has 12 heteroatoms. The van der Waals surface area contributed by atoms with Gasteiger partial charge in [0.05, 0.1) is 24.9 Å². The molecule has 4 rings (SSSR count). The Balaban J connectivity index is 1.53. The number of ether oxygens (including phenoxy) is 2. The number of amides is 1. The number of hydrogen-bond acceptors (Lipinski definition) is 7. The first-order valence-electron chi connectivity index (χ1n) is 13.9. The Morgan fingerprint density at radius 1 is 1.20 bits per heavy atom. The van der Waals surface area contributed by atoms with Crippen LogP contribution in [-0.4, -0.2) is 83.0 Å². The molecule has 2 aliphatic rings. The van der Waals surface area contributed by atoms with Crippen LogP contribution < -0.4 is 16.4 Å². The number of sulfonamides is 1. The SMILES string of the molecule is COCC1CNCC(CCc2c(F)cccc2NC(=O)C(N)C(c2ccc(Cl)cc2)C2CCOCC2)N1S(C)(=O)=O. The van der Waals surface area contributed by atoms with Crippen molar-refractivity contribution in [3.63, 3.8) is 0 Å². The molecule has 226 valence electrons. The average Bonchev–Trinajstić information content (AvgIpc) is 2.94. The number of nitrogens with one attached hydrogen (secondary N) is 2. The van der Waals surface area contributed by atoms with Gasteiger partial charge in [0.15, 0.2) is 0 Å². The van der Waals surface area contributed by atoms with Crippen molar-refractivity contribution in [2.24, 2.45) is 11.7 Å². The molecule has 0 spiro atoms. The Morgan fingerprint density at radius 3 is 2.54 bits per heavy atom. The average molecular weight is 611 g/mol. The largest absolute Gasteiger partial charge is 0.383 e. The first kappa shape index (κ1) is 31.8. The predicted octanol–water partition coefficient (Wildman–Crippen LogP) is 3.14. The van der Waals surface area contributed by atoms with E-state index in [1.165, 1.54) is 29.8 Å². The van der Waals surface area contributed by atoms with Crippen molar-refractivity contribution < 1.29 is 27.1 Å². The Morgan fingerprint density at radius 2 is 1.88 bits per heavy atom. The van der Waals surface area contributed by atoms with Crippen molar-refractivity contribution in [2.75, 3.05) is 51.6 Å². The van der Waals surface area contributed by atoms with E-state index in [-0.39, 0.29) is 30.9 Å². The van der Waals surface area contributed by atoms with E-state index in [0.717, 1.165) is 18.4 Å². The lowest BCUT2D eigenvalue weighted by Crippen LogP contribution is -2.60. The van der Waals surface area contributed by atoms with Crippen molar-refractivity contribution in [1.29, 1.82) is 0 Å². The quantitative estimate of drug-likeness (QED) is 0.357. The highest BCUT2D eigenvalue weighted by Gasteiger charge is 2.37. The van der Waals surface area contributed by atoms with Crippen LogP contribution in [0.3, 0.4) is 0 Å². The molecule has 2 saturated heterocycles. The molecule has 1 amide bonds. The number of anilines is 1. The topological polar surface area (TPSA) is 123 Å². The van der Waals surface area contributed by atoms with Crippen LogP contribution in [0.4, 0.5) is 10.1 Å². The summed E-state index contributed by atoms with van der Waals surface area (Å²) in [6, 6.07) is 10.2. The number of piperazine rings is 1. The van der Waals surface area contributed by atoms with E-state index in [1.807, 2.05) is 12.1 Å². The van der Waals surface area contributed by atoms with Crippen molar-refractivity contribution in [1.82, 2.24) is 9.62 Å². The van der Waals surface area contributed by atoms with Gasteiger partial charge in [-0.3, -0.25) is 4.79 Å². The summed E-state index contributed by atoms with van der Waals surface area (Å²) in [5.41, 5.74) is 8.18. The minimum absolute atomic E-state index is 0.137. The number of nitrogens with two attached hydrogens (primary N) is 1. The Kier molecular flexibility index (Phi) is 11.1. The summed E-state index contributed by atoms with van der Waals surface area (Å²) in [5, 5.41) is 6.74. The summed E-state index contributed by atoms with van der Waals surface area (Å²) in [4.78, 5) is 13.6. The summed E-state index contributed by atoms with van der Waals surface area (Å²) in [7, 11) is -2.00. The summed E-state index contributed by atoms with van der Waals surface area (Å²) < 4.78 is 52.7. The van der Waals surface area contributed by atoms with Crippen molar-refractivity contribution >= 4 is 33.2 Å². The minimum atomic E-state index is -3.53. The molecule has 41 heavy (non-hydrogen) atoms. The molecule has 0 aromatic heterocycles. The molecule has 2 aliphatic heterocycles. The monoisotopic (exact) mass is 610 g/mol. The van der Waals surface area contributed by atoms with E-state index in [9.17, 15) is 13.2 Å². The first-order valence-corrected chi connectivity index (χ1v) is 16.2. The molecule has 2 aromatic carbocycles. The van der Waals surface area contributed by atoms with Crippen LogP contribution in [-0.2, 0) is 30.7 Å². The van der Waals surface area contributed by atoms with Crippen LogP contribution in [0, 0.1) is 11.7 Å². The molecular weight excluding hydrogens is 571 g/mol. The molecule has 4 N–H and O–H groups in total. The fourth-order valence-corrected chi connectivity index (χ4v) is 7.67. The van der Waals surface area contributed by atoms with Gasteiger partial charge in [0, 0.05) is 61.6 Å². The molecule has 0 saturated carbocycles. The molecule has 0 radical (unpaired) electrons. The predicted molar refractivity (Wildman–Crippen MR) is 158 cm³/mol. The zero-order chi connectivity index (χ0) is 29.6. The smallest absolute Gasteiger partial charge is 0.241 e. The Labute approximate surface area is 246 Å². The lowest BCUT2D eigenvalue weighted by Gasteiger charge is -2.40. The number of carbonyl (C=O) groups is 1. The number of methoxy groups -OCH3 is 1. The number of rotatable bonds is 11. The normalized spacial score (nSPS) is 22.3. The first-order chi connectivity index (χ1) is 19.6. The highest BCUT2D eigenvalue weighted by Crippen LogP contribution is 2.35. The number of benzene rings is 2. The molecule has 4 atom stereocenters. The second-order valence-corrected chi connectivity index (χ2v) is 13.2. The van der Waals surface area contributed by atoms with E-state index in [2.05, 4.69) is 10.6 Å². The summed E-state index contributed by atoms with van der Waals surface area (Å²) in [6.45, 7) is 2.35. The van der Waals surface area contributed by atoms with Gasteiger partial charge < -0.3 is 25.8 Å². The number of hydrogen-bond donors (Lipinski definition) is 3. The van der Waals surface area contributed by atoms with Gasteiger partial charge in [0.25, 0.3) is 0 Å². The number of nitrogens with zero attached hydrogens (tertiary/aromatic N) is 1. The van der Waals surface area contributed by atoms with Gasteiger partial charge in [0.2, 0.25) is 15.9 Å². The third-order valence-electron chi connectivity index (χ3n) is 8.04. The Hall–Kier alpha value is -2.12. The Bertz CT molecular complexity index is 1270. The van der Waals surface area contributed by atoms with E-state index in [0.29, 0.717) is 49.0 Å². The van der Waals surface area contributed by atoms with Crippen molar-refractivity contribution in [3.05, 3.63) is 64.4 Å². The van der Waals surface area contributed by atoms with Crippen molar-refractivity contribution in [3.8, 4) is 0 Å². The third-order valence-corrected chi connectivity index (χ3v) is 9.66. The standard InChI is InChI=1S/C29H40ClFN4O5S/c1-39-18-23-17-33-16-22(35(23)41(2,37)38)10-11-24-25(31)4-3-5-26(24)34-29(36)28(32)27(20-12-14-40-15-13-20)19-6-8-21(30)9-7-19/h3-9,20,22-23,27-28,33H,10-18,32H2,1-2H3,(H,34,36).